The van der Waals surface area contributed by atoms with E-state index in [2.05, 4.69) is 52.8 Å². The molecule has 0 saturated carbocycles. The number of imidazole rings is 1. The van der Waals surface area contributed by atoms with E-state index in [0.717, 1.165) is 34.5 Å². The Bertz CT molecular complexity index is 1260. The van der Waals surface area contributed by atoms with E-state index >= 15 is 0 Å². The number of Topliss-reactive ketones (excluding diaryl/α,β-unsaturated/α-hetero) is 1. The summed E-state index contributed by atoms with van der Waals surface area (Å²) in [5.74, 6) is 1.01. The topological polar surface area (TPSA) is 58.4 Å². The summed E-state index contributed by atoms with van der Waals surface area (Å²) in [7, 11) is 2.00. The van der Waals surface area contributed by atoms with E-state index in [1.807, 2.05) is 37.4 Å². The number of para-hydroxylation sites is 1. The van der Waals surface area contributed by atoms with Crippen molar-refractivity contribution in [1.29, 1.82) is 0 Å². The van der Waals surface area contributed by atoms with Gasteiger partial charge in [-0.15, -0.1) is 0 Å². The minimum atomic E-state index is 0. The Morgan fingerprint density at radius 3 is 2.48 bits per heavy atom. The van der Waals surface area contributed by atoms with E-state index in [9.17, 15) is 9.90 Å². The van der Waals surface area contributed by atoms with Crippen LogP contribution >= 0.6 is 0 Å². The highest BCUT2D eigenvalue weighted by atomic mass is 16.3. The summed E-state index contributed by atoms with van der Waals surface area (Å²) in [4.78, 5) is 19.0. The molecule has 5 heteroatoms. The Kier molecular flexibility index (Phi) is 6.90. The van der Waals surface area contributed by atoms with Crippen LogP contribution in [0, 0.1) is 0 Å². The standard InChI is InChI=1S/C28H31N3O2.H2/c1-4-21-9-11-22(12-10-21)17-28-29-25-18-23(20(2)33)13-14-27(25)31(28)19-24-7-5-6-8-26(24)30(3)15-16-32;/h5-14,18,32H,4,15-17,19H2,1-3H3;1H. The summed E-state index contributed by atoms with van der Waals surface area (Å²) in [5.41, 5.74) is 7.30. The van der Waals surface area contributed by atoms with E-state index in [4.69, 9.17) is 4.98 Å². The second-order valence-electron chi connectivity index (χ2n) is 8.49. The van der Waals surface area contributed by atoms with Gasteiger partial charge in [-0.2, -0.15) is 0 Å². The number of aryl methyl sites for hydroxylation is 1. The summed E-state index contributed by atoms with van der Waals surface area (Å²) in [5, 5.41) is 9.42. The van der Waals surface area contributed by atoms with Gasteiger partial charge in [-0.05, 0) is 54.3 Å². The molecule has 0 aliphatic heterocycles. The highest BCUT2D eigenvalue weighted by molar-refractivity contribution is 5.97. The molecule has 0 unspecified atom stereocenters. The average Bonchev–Trinajstić information content (AvgIpc) is 3.16. The van der Waals surface area contributed by atoms with E-state index in [0.29, 0.717) is 25.1 Å². The lowest BCUT2D eigenvalue weighted by Crippen LogP contribution is -2.23. The van der Waals surface area contributed by atoms with Gasteiger partial charge in [0.25, 0.3) is 0 Å². The Labute approximate surface area is 196 Å². The number of aliphatic hydroxyl groups is 1. The fraction of sp³-hybridized carbons (Fsp3) is 0.286. The lowest BCUT2D eigenvalue weighted by atomic mass is 10.1. The van der Waals surface area contributed by atoms with Crippen molar-refractivity contribution in [2.75, 3.05) is 25.1 Å². The van der Waals surface area contributed by atoms with Crippen molar-refractivity contribution >= 4 is 22.5 Å². The highest BCUT2D eigenvalue weighted by Gasteiger charge is 2.16. The van der Waals surface area contributed by atoms with E-state index < -0.39 is 0 Å². The zero-order valence-electron chi connectivity index (χ0n) is 19.6. The molecule has 0 saturated heterocycles. The molecule has 4 rings (SSSR count). The molecule has 0 bridgehead atoms. The molecule has 0 fully saturated rings. The summed E-state index contributed by atoms with van der Waals surface area (Å²) in [6, 6.07) is 22.7. The van der Waals surface area contributed by atoms with Gasteiger partial charge < -0.3 is 14.6 Å². The van der Waals surface area contributed by atoms with Gasteiger partial charge in [-0.25, -0.2) is 4.98 Å². The van der Waals surface area contributed by atoms with Gasteiger partial charge in [0.1, 0.15) is 5.82 Å². The van der Waals surface area contributed by atoms with Crippen LogP contribution in [0.3, 0.4) is 0 Å². The number of carbonyl (C=O) groups excluding carboxylic acids is 1. The van der Waals surface area contributed by atoms with Crippen molar-refractivity contribution in [1.82, 2.24) is 9.55 Å². The number of benzene rings is 3. The Hall–Kier alpha value is -3.44. The first-order chi connectivity index (χ1) is 16.0. The molecule has 0 amide bonds. The number of ketones is 1. The lowest BCUT2D eigenvalue weighted by Gasteiger charge is -2.22. The second-order valence-corrected chi connectivity index (χ2v) is 8.49. The zero-order valence-corrected chi connectivity index (χ0v) is 19.6. The van der Waals surface area contributed by atoms with Crippen LogP contribution in [0.15, 0.2) is 66.7 Å². The largest absolute Gasteiger partial charge is 0.395 e. The van der Waals surface area contributed by atoms with Crippen LogP contribution in [0.1, 0.15) is 48.1 Å². The molecular formula is C28H33N3O2. The third-order valence-corrected chi connectivity index (χ3v) is 6.19. The van der Waals surface area contributed by atoms with Crippen molar-refractivity contribution in [3.8, 4) is 0 Å². The minimum absolute atomic E-state index is 0. The molecule has 1 aromatic heterocycles. The first-order valence-electron chi connectivity index (χ1n) is 11.5. The van der Waals surface area contributed by atoms with Gasteiger partial charge in [0, 0.05) is 32.7 Å². The third kappa shape index (κ3) is 4.99. The van der Waals surface area contributed by atoms with Gasteiger partial charge in [-0.3, -0.25) is 4.79 Å². The molecule has 3 aromatic carbocycles. The molecule has 0 aliphatic carbocycles. The van der Waals surface area contributed by atoms with Crippen LogP contribution in [0.4, 0.5) is 5.69 Å². The first-order valence-corrected chi connectivity index (χ1v) is 11.5. The highest BCUT2D eigenvalue weighted by Crippen LogP contribution is 2.26. The summed E-state index contributed by atoms with van der Waals surface area (Å²) in [6.45, 7) is 5.07. The third-order valence-electron chi connectivity index (χ3n) is 6.19. The molecule has 33 heavy (non-hydrogen) atoms. The molecule has 0 atom stereocenters. The number of hydrogen-bond acceptors (Lipinski definition) is 4. The quantitative estimate of drug-likeness (QED) is 0.365. The minimum Gasteiger partial charge on any atom is -0.395 e. The van der Waals surface area contributed by atoms with Crippen molar-refractivity contribution in [3.63, 3.8) is 0 Å². The van der Waals surface area contributed by atoms with Crippen LogP contribution in [0.25, 0.3) is 11.0 Å². The molecule has 0 radical (unpaired) electrons. The Morgan fingerprint density at radius 1 is 1.06 bits per heavy atom. The number of nitrogens with zero attached hydrogens (tertiary/aromatic N) is 3. The number of carbonyl (C=O) groups is 1. The van der Waals surface area contributed by atoms with Gasteiger partial charge >= 0.3 is 0 Å². The summed E-state index contributed by atoms with van der Waals surface area (Å²) < 4.78 is 2.25. The van der Waals surface area contributed by atoms with Gasteiger partial charge in [0.05, 0.1) is 24.2 Å². The average molecular weight is 444 g/mol. The van der Waals surface area contributed by atoms with E-state index in [-0.39, 0.29) is 13.8 Å². The van der Waals surface area contributed by atoms with Crippen LogP contribution in [-0.2, 0) is 19.4 Å². The molecule has 172 valence electrons. The van der Waals surface area contributed by atoms with Gasteiger partial charge in [-0.1, -0.05) is 49.4 Å². The van der Waals surface area contributed by atoms with Crippen molar-refractivity contribution in [2.45, 2.75) is 33.2 Å². The lowest BCUT2D eigenvalue weighted by molar-refractivity contribution is 0.101. The maximum absolute atomic E-state index is 11.9. The predicted molar refractivity (Wildman–Crippen MR) is 136 cm³/mol. The van der Waals surface area contributed by atoms with Crippen LogP contribution in [-0.4, -0.2) is 40.6 Å². The zero-order chi connectivity index (χ0) is 23.4. The van der Waals surface area contributed by atoms with E-state index in [1.165, 1.54) is 11.1 Å². The summed E-state index contributed by atoms with van der Waals surface area (Å²) in [6.07, 6.45) is 1.73. The van der Waals surface area contributed by atoms with Crippen molar-refractivity contribution in [2.24, 2.45) is 0 Å². The monoisotopic (exact) mass is 443 g/mol. The number of rotatable bonds is 9. The maximum Gasteiger partial charge on any atom is 0.159 e. The molecule has 0 aliphatic rings. The van der Waals surface area contributed by atoms with Crippen molar-refractivity contribution < 1.29 is 11.3 Å². The van der Waals surface area contributed by atoms with Crippen LogP contribution < -0.4 is 4.90 Å². The number of anilines is 1. The van der Waals surface area contributed by atoms with Gasteiger partial charge in [0.2, 0.25) is 0 Å². The predicted octanol–water partition coefficient (Wildman–Crippen LogP) is 5.11. The second kappa shape index (κ2) is 10.0. The normalized spacial score (nSPS) is 11.2. The maximum atomic E-state index is 11.9. The SMILES string of the molecule is CCc1ccc(Cc2nc3cc(C(C)=O)ccc3n2Cc2ccccc2N(C)CCO)cc1.[HH]. The fourth-order valence-electron chi connectivity index (χ4n) is 4.24. The number of aliphatic hydroxyl groups excluding tert-OH is 1. The number of hydrogen-bond donors (Lipinski definition) is 1. The summed E-state index contributed by atoms with van der Waals surface area (Å²) >= 11 is 0. The van der Waals surface area contributed by atoms with Crippen LogP contribution in [0.5, 0.6) is 0 Å². The Morgan fingerprint density at radius 2 is 1.79 bits per heavy atom. The van der Waals surface area contributed by atoms with Gasteiger partial charge in [0.15, 0.2) is 5.78 Å². The van der Waals surface area contributed by atoms with Crippen molar-refractivity contribution in [3.05, 3.63) is 94.8 Å². The smallest absolute Gasteiger partial charge is 0.159 e. The fourth-order valence-corrected chi connectivity index (χ4v) is 4.24. The van der Waals surface area contributed by atoms with Crippen LogP contribution in [0.2, 0.25) is 0 Å². The number of aromatic nitrogens is 2. The van der Waals surface area contributed by atoms with E-state index in [1.54, 1.807) is 6.92 Å². The molecule has 1 N–H and O–H groups in total. The molecule has 4 aromatic rings. The number of fused-ring (bicyclic) bond motifs is 1. The molecular weight excluding hydrogens is 410 g/mol. The molecule has 5 nitrogen and oxygen atoms in total. The number of likely N-dealkylation sites (N-methyl/N-ethyl adjacent to an activating group) is 1. The molecule has 1 heterocycles. The molecule has 0 spiro atoms. The Balaban J connectivity index is 0.00000324. The first kappa shape index (κ1) is 22.7.